The SMILES string of the molecule is COc1nn(-c2ccc(NC(=O)c3c(-c4ccccc4Cl)noc3C)cc2)c(=O)o1. The Bertz CT molecular complexity index is 1270. The molecule has 152 valence electrons. The van der Waals surface area contributed by atoms with Crippen molar-refractivity contribution in [2.24, 2.45) is 0 Å². The smallest absolute Gasteiger partial charge is 0.444 e. The van der Waals surface area contributed by atoms with Gasteiger partial charge < -0.3 is 19.0 Å². The highest BCUT2D eigenvalue weighted by molar-refractivity contribution is 6.33. The fourth-order valence-corrected chi connectivity index (χ4v) is 3.09. The van der Waals surface area contributed by atoms with Gasteiger partial charge in [0.2, 0.25) is 0 Å². The molecule has 2 aromatic heterocycles. The van der Waals surface area contributed by atoms with Gasteiger partial charge in [0.15, 0.2) is 0 Å². The minimum Gasteiger partial charge on any atom is -0.452 e. The Morgan fingerprint density at radius 2 is 1.90 bits per heavy atom. The molecule has 0 spiro atoms. The molecule has 9 nitrogen and oxygen atoms in total. The Balaban J connectivity index is 1.59. The van der Waals surface area contributed by atoms with Crippen LogP contribution in [0.3, 0.4) is 0 Å². The molecular weight excluding hydrogens is 412 g/mol. The topological polar surface area (TPSA) is 112 Å². The summed E-state index contributed by atoms with van der Waals surface area (Å²) in [4.78, 5) is 24.7. The van der Waals surface area contributed by atoms with E-state index < -0.39 is 11.7 Å². The zero-order valence-electron chi connectivity index (χ0n) is 15.9. The third-order valence-electron chi connectivity index (χ3n) is 4.29. The Morgan fingerprint density at radius 3 is 2.57 bits per heavy atom. The summed E-state index contributed by atoms with van der Waals surface area (Å²) in [6.07, 6.45) is -0.146. The number of nitrogens with one attached hydrogen (secondary N) is 1. The van der Waals surface area contributed by atoms with E-state index in [2.05, 4.69) is 15.6 Å². The summed E-state index contributed by atoms with van der Waals surface area (Å²) in [6.45, 7) is 1.65. The van der Waals surface area contributed by atoms with E-state index in [-0.39, 0.29) is 11.6 Å². The monoisotopic (exact) mass is 426 g/mol. The van der Waals surface area contributed by atoms with Gasteiger partial charge in [-0.25, -0.2) is 4.79 Å². The molecule has 2 heterocycles. The van der Waals surface area contributed by atoms with E-state index in [1.165, 1.54) is 7.11 Å². The normalized spacial score (nSPS) is 10.8. The van der Waals surface area contributed by atoms with Crippen LogP contribution in [-0.2, 0) is 0 Å². The summed E-state index contributed by atoms with van der Waals surface area (Å²) in [5.41, 5.74) is 2.18. The van der Waals surface area contributed by atoms with Gasteiger partial charge in [0, 0.05) is 11.3 Å². The van der Waals surface area contributed by atoms with Crippen LogP contribution in [0.5, 0.6) is 6.08 Å². The van der Waals surface area contributed by atoms with Gasteiger partial charge >= 0.3 is 11.8 Å². The van der Waals surface area contributed by atoms with E-state index in [9.17, 15) is 9.59 Å². The largest absolute Gasteiger partial charge is 0.452 e. The number of benzene rings is 2. The summed E-state index contributed by atoms with van der Waals surface area (Å²) in [5.74, 6) is -0.731. The van der Waals surface area contributed by atoms with Crippen molar-refractivity contribution in [2.45, 2.75) is 6.92 Å². The van der Waals surface area contributed by atoms with Crippen LogP contribution in [0.2, 0.25) is 5.02 Å². The third-order valence-corrected chi connectivity index (χ3v) is 4.62. The molecule has 0 bridgehead atoms. The van der Waals surface area contributed by atoms with E-state index in [4.69, 9.17) is 25.3 Å². The van der Waals surface area contributed by atoms with Gasteiger partial charge in [-0.2, -0.15) is 4.68 Å². The highest BCUT2D eigenvalue weighted by Gasteiger charge is 2.23. The lowest BCUT2D eigenvalue weighted by atomic mass is 10.1. The lowest BCUT2D eigenvalue weighted by molar-refractivity contribution is 0.102. The van der Waals surface area contributed by atoms with Crippen molar-refractivity contribution >= 4 is 23.2 Å². The molecule has 0 aliphatic heterocycles. The van der Waals surface area contributed by atoms with Gasteiger partial charge in [-0.05, 0) is 37.3 Å². The van der Waals surface area contributed by atoms with Crippen LogP contribution in [0.15, 0.2) is 62.3 Å². The Morgan fingerprint density at radius 1 is 1.17 bits per heavy atom. The third kappa shape index (κ3) is 3.58. The molecule has 4 aromatic rings. The molecule has 0 atom stereocenters. The molecule has 2 aromatic carbocycles. The fourth-order valence-electron chi connectivity index (χ4n) is 2.86. The van der Waals surface area contributed by atoms with Crippen molar-refractivity contribution in [1.82, 2.24) is 14.9 Å². The Hall–Kier alpha value is -3.85. The zero-order valence-corrected chi connectivity index (χ0v) is 16.6. The lowest BCUT2D eigenvalue weighted by Gasteiger charge is -2.07. The molecule has 0 saturated heterocycles. The second kappa shape index (κ2) is 7.88. The maximum absolute atomic E-state index is 12.9. The molecule has 0 fully saturated rings. The number of nitrogens with zero attached hydrogens (tertiary/aromatic N) is 3. The number of ether oxygens (including phenoxy) is 1. The summed E-state index contributed by atoms with van der Waals surface area (Å²) in [6, 6.07) is 13.5. The van der Waals surface area contributed by atoms with Crippen molar-refractivity contribution in [3.05, 3.63) is 75.4 Å². The van der Waals surface area contributed by atoms with Crippen LogP contribution in [0, 0.1) is 6.92 Å². The highest BCUT2D eigenvalue weighted by Crippen LogP contribution is 2.31. The molecule has 0 radical (unpaired) electrons. The van der Waals surface area contributed by atoms with E-state index in [0.29, 0.717) is 33.4 Å². The summed E-state index contributed by atoms with van der Waals surface area (Å²) in [7, 11) is 1.35. The molecule has 4 rings (SSSR count). The van der Waals surface area contributed by atoms with Crippen molar-refractivity contribution in [3.8, 4) is 23.0 Å². The molecule has 10 heteroatoms. The number of amides is 1. The first-order valence-electron chi connectivity index (χ1n) is 8.75. The van der Waals surface area contributed by atoms with Crippen LogP contribution < -0.4 is 15.8 Å². The second-order valence-corrected chi connectivity index (χ2v) is 6.60. The number of halogens is 1. The predicted octanol–water partition coefficient (Wildman–Crippen LogP) is 3.70. The first-order valence-corrected chi connectivity index (χ1v) is 9.13. The van der Waals surface area contributed by atoms with Gasteiger partial charge in [-0.3, -0.25) is 4.79 Å². The number of anilines is 1. The van der Waals surface area contributed by atoms with Crippen LogP contribution in [0.1, 0.15) is 16.1 Å². The summed E-state index contributed by atoms with van der Waals surface area (Å²) >= 11 is 6.24. The number of hydrogen-bond donors (Lipinski definition) is 1. The predicted molar refractivity (Wildman–Crippen MR) is 108 cm³/mol. The molecule has 30 heavy (non-hydrogen) atoms. The highest BCUT2D eigenvalue weighted by atomic mass is 35.5. The number of carbonyl (C=O) groups is 1. The minimum absolute atomic E-state index is 0.146. The average Bonchev–Trinajstić information content (AvgIpc) is 3.31. The number of carbonyl (C=O) groups excluding carboxylic acids is 1. The van der Waals surface area contributed by atoms with E-state index in [1.807, 2.05) is 0 Å². The number of methoxy groups -OCH3 is 1. The number of rotatable bonds is 5. The summed E-state index contributed by atoms with van der Waals surface area (Å²) in [5, 5.41) is 11.1. The number of hydrogen-bond acceptors (Lipinski definition) is 7. The standard InChI is InChI=1S/C20H15ClN4O5/c1-11-16(17(24-30-11)14-5-3-4-6-15(14)21)18(26)22-12-7-9-13(10-8-12)25-20(27)29-19(23-25)28-2/h3-10H,1-2H3,(H,22,26). The Labute approximate surface area is 174 Å². The van der Waals surface area contributed by atoms with Gasteiger partial charge in [0.25, 0.3) is 5.91 Å². The first-order chi connectivity index (χ1) is 14.5. The quantitative estimate of drug-likeness (QED) is 0.517. The number of aromatic nitrogens is 3. The van der Waals surface area contributed by atoms with Crippen molar-refractivity contribution < 1.29 is 18.5 Å². The Kier molecular flexibility index (Phi) is 5.11. The van der Waals surface area contributed by atoms with Crippen LogP contribution >= 0.6 is 11.6 Å². The van der Waals surface area contributed by atoms with E-state index in [1.54, 1.807) is 55.5 Å². The minimum atomic E-state index is -0.687. The van der Waals surface area contributed by atoms with Crippen LogP contribution in [0.25, 0.3) is 16.9 Å². The average molecular weight is 427 g/mol. The zero-order chi connectivity index (χ0) is 21.3. The van der Waals surface area contributed by atoms with Crippen LogP contribution in [-0.4, -0.2) is 28.0 Å². The maximum Gasteiger partial charge on any atom is 0.444 e. The molecule has 0 saturated carbocycles. The molecule has 0 unspecified atom stereocenters. The molecule has 0 aliphatic carbocycles. The van der Waals surface area contributed by atoms with Gasteiger partial charge in [0.05, 0.1) is 17.8 Å². The van der Waals surface area contributed by atoms with E-state index >= 15 is 0 Å². The molecule has 1 N–H and O–H groups in total. The van der Waals surface area contributed by atoms with E-state index in [0.717, 1.165) is 4.68 Å². The first kappa shape index (κ1) is 19.5. The van der Waals surface area contributed by atoms with Gasteiger partial charge in [0.1, 0.15) is 17.0 Å². The number of aryl methyl sites for hydroxylation is 1. The van der Waals surface area contributed by atoms with Crippen molar-refractivity contribution in [1.29, 1.82) is 0 Å². The van der Waals surface area contributed by atoms with Crippen molar-refractivity contribution in [2.75, 3.05) is 12.4 Å². The maximum atomic E-state index is 12.9. The van der Waals surface area contributed by atoms with Crippen LogP contribution in [0.4, 0.5) is 5.69 Å². The van der Waals surface area contributed by atoms with Gasteiger partial charge in [-0.1, -0.05) is 40.1 Å². The molecular formula is C20H15ClN4O5. The second-order valence-electron chi connectivity index (χ2n) is 6.19. The molecule has 0 aliphatic rings. The summed E-state index contributed by atoms with van der Waals surface area (Å²) < 4.78 is 15.9. The molecule has 1 amide bonds. The van der Waals surface area contributed by atoms with Gasteiger partial charge in [-0.15, -0.1) is 0 Å². The lowest BCUT2D eigenvalue weighted by Crippen LogP contribution is -2.15. The van der Waals surface area contributed by atoms with Crippen molar-refractivity contribution in [3.63, 3.8) is 0 Å². The fraction of sp³-hybridized carbons (Fsp3) is 0.100.